The van der Waals surface area contributed by atoms with Crippen LogP contribution >= 0.6 is 0 Å². The molecular formula is C16H25NO3S. The standard InChI is InChI=1S/C16H25NO3S/c1-12(2)14-5-6-15(20-4)16(11-14)21(18,19)17-9-7-13(3)8-10-17/h5-6,11-13H,7-10H2,1-4H3. The van der Waals surface area contributed by atoms with Gasteiger partial charge in [0.1, 0.15) is 10.6 Å². The van der Waals surface area contributed by atoms with Gasteiger partial charge in [0, 0.05) is 13.1 Å². The minimum absolute atomic E-state index is 0.284. The Labute approximate surface area is 128 Å². The number of sulfonamides is 1. The van der Waals surface area contributed by atoms with Crippen molar-refractivity contribution in [2.45, 2.75) is 44.4 Å². The minimum Gasteiger partial charge on any atom is -0.495 e. The minimum atomic E-state index is -3.48. The van der Waals surface area contributed by atoms with Crippen LogP contribution in [0, 0.1) is 5.92 Å². The number of methoxy groups -OCH3 is 1. The number of ether oxygens (including phenoxy) is 1. The molecule has 4 nitrogen and oxygen atoms in total. The molecule has 0 N–H and O–H groups in total. The molecule has 2 rings (SSSR count). The lowest BCUT2D eigenvalue weighted by molar-refractivity contribution is 0.287. The van der Waals surface area contributed by atoms with Crippen LogP contribution in [0.1, 0.15) is 45.1 Å². The zero-order chi connectivity index (χ0) is 15.6. The highest BCUT2D eigenvalue weighted by Gasteiger charge is 2.30. The molecular weight excluding hydrogens is 286 g/mol. The van der Waals surface area contributed by atoms with E-state index in [-0.39, 0.29) is 5.92 Å². The van der Waals surface area contributed by atoms with Crippen molar-refractivity contribution in [3.63, 3.8) is 0 Å². The molecule has 0 saturated carbocycles. The second-order valence-corrected chi connectivity index (χ2v) is 8.06. The quantitative estimate of drug-likeness (QED) is 0.857. The maximum atomic E-state index is 12.9. The summed E-state index contributed by atoms with van der Waals surface area (Å²) in [4.78, 5) is 0.297. The van der Waals surface area contributed by atoms with Crippen LogP contribution in [0.3, 0.4) is 0 Å². The third kappa shape index (κ3) is 3.40. The van der Waals surface area contributed by atoms with E-state index in [4.69, 9.17) is 4.74 Å². The van der Waals surface area contributed by atoms with Crippen molar-refractivity contribution in [2.75, 3.05) is 20.2 Å². The van der Waals surface area contributed by atoms with Crippen LogP contribution in [-0.2, 0) is 10.0 Å². The van der Waals surface area contributed by atoms with Gasteiger partial charge < -0.3 is 4.74 Å². The van der Waals surface area contributed by atoms with E-state index in [0.29, 0.717) is 29.7 Å². The maximum absolute atomic E-state index is 12.9. The van der Waals surface area contributed by atoms with Gasteiger partial charge in [-0.05, 0) is 42.4 Å². The van der Waals surface area contributed by atoms with Crippen molar-refractivity contribution in [3.05, 3.63) is 23.8 Å². The largest absolute Gasteiger partial charge is 0.495 e. The second-order valence-electron chi connectivity index (χ2n) is 6.15. The molecule has 0 aromatic heterocycles. The Hall–Kier alpha value is -1.07. The van der Waals surface area contributed by atoms with Gasteiger partial charge in [0.15, 0.2) is 0 Å². The third-order valence-electron chi connectivity index (χ3n) is 4.21. The van der Waals surface area contributed by atoms with Crippen molar-refractivity contribution in [2.24, 2.45) is 5.92 Å². The van der Waals surface area contributed by atoms with E-state index >= 15 is 0 Å². The molecule has 0 unspecified atom stereocenters. The Kier molecular flexibility index (Phi) is 4.94. The fourth-order valence-corrected chi connectivity index (χ4v) is 4.28. The molecule has 0 spiro atoms. The van der Waals surface area contributed by atoms with E-state index in [0.717, 1.165) is 18.4 Å². The Morgan fingerprint density at radius 2 is 1.86 bits per heavy atom. The number of benzene rings is 1. The molecule has 0 radical (unpaired) electrons. The SMILES string of the molecule is COc1ccc(C(C)C)cc1S(=O)(=O)N1CCC(C)CC1. The van der Waals surface area contributed by atoms with E-state index in [2.05, 4.69) is 20.8 Å². The van der Waals surface area contributed by atoms with Gasteiger partial charge >= 0.3 is 0 Å². The molecule has 1 heterocycles. The Bertz CT molecular complexity index is 588. The van der Waals surface area contributed by atoms with Gasteiger partial charge in [-0.25, -0.2) is 8.42 Å². The van der Waals surface area contributed by atoms with Crippen molar-refractivity contribution in [1.29, 1.82) is 0 Å². The summed E-state index contributed by atoms with van der Waals surface area (Å²) in [6.45, 7) is 7.47. The molecule has 1 fully saturated rings. The molecule has 0 aliphatic carbocycles. The number of piperidine rings is 1. The molecule has 1 aliphatic rings. The van der Waals surface area contributed by atoms with Gasteiger partial charge in [-0.3, -0.25) is 0 Å². The molecule has 1 aromatic carbocycles. The van der Waals surface area contributed by atoms with Crippen LogP contribution in [0.4, 0.5) is 0 Å². The lowest BCUT2D eigenvalue weighted by Gasteiger charge is -2.30. The molecule has 5 heteroatoms. The summed E-state index contributed by atoms with van der Waals surface area (Å²) in [5.74, 6) is 1.31. The Balaban J connectivity index is 2.40. The zero-order valence-electron chi connectivity index (χ0n) is 13.3. The van der Waals surface area contributed by atoms with Crippen LogP contribution in [-0.4, -0.2) is 32.9 Å². The van der Waals surface area contributed by atoms with Crippen LogP contribution in [0.5, 0.6) is 5.75 Å². The molecule has 1 saturated heterocycles. The van der Waals surface area contributed by atoms with E-state index in [1.807, 2.05) is 6.07 Å². The first kappa shape index (κ1) is 16.3. The normalized spacial score (nSPS) is 18.1. The summed E-state index contributed by atoms with van der Waals surface area (Å²) >= 11 is 0. The highest BCUT2D eigenvalue weighted by atomic mass is 32.2. The molecule has 1 aromatic rings. The first-order valence-corrected chi connectivity index (χ1v) is 8.98. The summed E-state index contributed by atoms with van der Waals surface area (Å²) in [6, 6.07) is 5.45. The molecule has 1 aliphatic heterocycles. The van der Waals surface area contributed by atoms with E-state index < -0.39 is 10.0 Å². The molecule has 118 valence electrons. The lowest BCUT2D eigenvalue weighted by Crippen LogP contribution is -2.38. The van der Waals surface area contributed by atoms with Gasteiger partial charge in [0.25, 0.3) is 0 Å². The average molecular weight is 311 g/mol. The molecule has 0 atom stereocenters. The highest BCUT2D eigenvalue weighted by Crippen LogP contribution is 2.32. The molecule has 0 amide bonds. The van der Waals surface area contributed by atoms with Crippen LogP contribution in [0.2, 0.25) is 0 Å². The monoisotopic (exact) mass is 311 g/mol. The van der Waals surface area contributed by atoms with E-state index in [1.165, 1.54) is 7.11 Å². The van der Waals surface area contributed by atoms with Crippen molar-refractivity contribution >= 4 is 10.0 Å². The number of rotatable bonds is 4. The Morgan fingerprint density at radius 3 is 2.38 bits per heavy atom. The average Bonchev–Trinajstić information content (AvgIpc) is 2.46. The smallest absolute Gasteiger partial charge is 0.246 e. The predicted octanol–water partition coefficient (Wildman–Crippen LogP) is 3.24. The van der Waals surface area contributed by atoms with E-state index in [9.17, 15) is 8.42 Å². The zero-order valence-corrected chi connectivity index (χ0v) is 14.1. The van der Waals surface area contributed by atoms with Gasteiger partial charge in [-0.1, -0.05) is 26.8 Å². The number of hydrogen-bond donors (Lipinski definition) is 0. The number of hydrogen-bond acceptors (Lipinski definition) is 3. The summed E-state index contributed by atoms with van der Waals surface area (Å²) in [5, 5.41) is 0. The topological polar surface area (TPSA) is 46.6 Å². The van der Waals surface area contributed by atoms with E-state index in [1.54, 1.807) is 16.4 Å². The van der Waals surface area contributed by atoms with Crippen LogP contribution in [0.15, 0.2) is 23.1 Å². The van der Waals surface area contributed by atoms with Gasteiger partial charge in [0.05, 0.1) is 7.11 Å². The highest BCUT2D eigenvalue weighted by molar-refractivity contribution is 7.89. The summed E-state index contributed by atoms with van der Waals surface area (Å²) in [5.41, 5.74) is 1.01. The van der Waals surface area contributed by atoms with Gasteiger partial charge in [-0.2, -0.15) is 4.31 Å². The lowest BCUT2D eigenvalue weighted by atomic mass is 10.0. The van der Waals surface area contributed by atoms with Gasteiger partial charge in [-0.15, -0.1) is 0 Å². The predicted molar refractivity (Wildman–Crippen MR) is 84.2 cm³/mol. The van der Waals surface area contributed by atoms with Crippen LogP contribution in [0.25, 0.3) is 0 Å². The van der Waals surface area contributed by atoms with Crippen molar-refractivity contribution < 1.29 is 13.2 Å². The fraction of sp³-hybridized carbons (Fsp3) is 0.625. The second kappa shape index (κ2) is 6.36. The maximum Gasteiger partial charge on any atom is 0.246 e. The van der Waals surface area contributed by atoms with Crippen LogP contribution < -0.4 is 4.74 Å². The summed E-state index contributed by atoms with van der Waals surface area (Å²) < 4.78 is 32.7. The fourth-order valence-electron chi connectivity index (χ4n) is 2.62. The number of nitrogens with zero attached hydrogens (tertiary/aromatic N) is 1. The van der Waals surface area contributed by atoms with Crippen molar-refractivity contribution in [3.8, 4) is 5.75 Å². The Morgan fingerprint density at radius 1 is 1.24 bits per heavy atom. The first-order chi connectivity index (χ1) is 9.86. The first-order valence-electron chi connectivity index (χ1n) is 7.54. The van der Waals surface area contributed by atoms with Gasteiger partial charge in [0.2, 0.25) is 10.0 Å². The molecule has 0 bridgehead atoms. The summed E-state index contributed by atoms with van der Waals surface area (Å²) in [7, 11) is -1.96. The molecule has 21 heavy (non-hydrogen) atoms. The third-order valence-corrected chi connectivity index (χ3v) is 6.13. The van der Waals surface area contributed by atoms with Crippen molar-refractivity contribution in [1.82, 2.24) is 4.31 Å². The summed E-state index contributed by atoms with van der Waals surface area (Å²) in [6.07, 6.45) is 1.84.